The van der Waals surface area contributed by atoms with Gasteiger partial charge < -0.3 is 4.74 Å². The molecule has 1 aliphatic rings. The molecule has 0 saturated heterocycles. The van der Waals surface area contributed by atoms with Crippen molar-refractivity contribution in [3.8, 4) is 0 Å². The molecule has 0 bridgehead atoms. The molecule has 1 aromatic rings. The van der Waals surface area contributed by atoms with E-state index in [9.17, 15) is 0 Å². The van der Waals surface area contributed by atoms with Crippen LogP contribution in [0, 0.1) is 0 Å². The molecule has 0 aromatic heterocycles. The zero-order chi connectivity index (χ0) is 15.8. The lowest BCUT2D eigenvalue weighted by Crippen LogP contribution is -2.29. The highest BCUT2D eigenvalue weighted by atomic mass is 28.3. The van der Waals surface area contributed by atoms with Crippen molar-refractivity contribution in [2.75, 3.05) is 0 Å². The molecular weight excluding hydrogens is 272 g/mol. The molecule has 1 aromatic carbocycles. The summed E-state index contributed by atoms with van der Waals surface area (Å²) >= 11 is 0. The highest BCUT2D eigenvalue weighted by molar-refractivity contribution is 6.77. The van der Waals surface area contributed by atoms with Crippen LogP contribution in [0.3, 0.4) is 0 Å². The van der Waals surface area contributed by atoms with E-state index in [1.165, 1.54) is 29.5 Å². The highest BCUT2D eigenvalue weighted by Crippen LogP contribution is 2.36. The van der Waals surface area contributed by atoms with Gasteiger partial charge in [-0.2, -0.15) is 0 Å². The summed E-state index contributed by atoms with van der Waals surface area (Å²) in [4.78, 5) is 0. The Bertz CT molecular complexity index is 483. The van der Waals surface area contributed by atoms with Crippen molar-refractivity contribution in [2.45, 2.75) is 83.8 Å². The minimum Gasteiger partial charge on any atom is -0.371 e. The molecule has 118 valence electrons. The summed E-state index contributed by atoms with van der Waals surface area (Å²) in [6.07, 6.45) is 3.23. The number of hydrogen-bond donors (Lipinski definition) is 0. The summed E-state index contributed by atoms with van der Waals surface area (Å²) in [6, 6.07) is 7.13. The predicted octanol–water partition coefficient (Wildman–Crippen LogP) is 6.03. The maximum Gasteiger partial charge on any atom is 0.0803 e. The molecule has 0 heterocycles. The van der Waals surface area contributed by atoms with Gasteiger partial charge in [-0.05, 0) is 47.9 Å². The molecule has 1 nitrogen and oxygen atoms in total. The van der Waals surface area contributed by atoms with Crippen LogP contribution in [0.4, 0.5) is 0 Å². The molecule has 1 fully saturated rings. The SMILES string of the molecule is CC(C)c1cc(C(C)[Si](C)(C)C)ccc1C(C)OC1CC1. The zero-order valence-electron chi connectivity index (χ0n) is 14.9. The third kappa shape index (κ3) is 4.20. The summed E-state index contributed by atoms with van der Waals surface area (Å²) in [5, 5.41) is 0. The van der Waals surface area contributed by atoms with E-state index < -0.39 is 8.07 Å². The average Bonchev–Trinajstić information content (AvgIpc) is 3.19. The lowest BCUT2D eigenvalue weighted by atomic mass is 9.92. The molecule has 1 saturated carbocycles. The monoisotopic (exact) mass is 304 g/mol. The van der Waals surface area contributed by atoms with E-state index >= 15 is 0 Å². The Hall–Kier alpha value is -0.603. The van der Waals surface area contributed by atoms with E-state index in [-0.39, 0.29) is 6.10 Å². The second-order valence-corrected chi connectivity index (χ2v) is 13.7. The van der Waals surface area contributed by atoms with Crippen LogP contribution >= 0.6 is 0 Å². The molecule has 2 atom stereocenters. The molecule has 2 heteroatoms. The molecule has 0 amide bonds. The average molecular weight is 305 g/mol. The van der Waals surface area contributed by atoms with E-state index in [2.05, 4.69) is 65.5 Å². The third-order valence-electron chi connectivity index (χ3n) is 4.89. The van der Waals surface area contributed by atoms with Crippen molar-refractivity contribution in [3.63, 3.8) is 0 Å². The number of benzene rings is 1. The Morgan fingerprint density at radius 1 is 1.00 bits per heavy atom. The lowest BCUT2D eigenvalue weighted by Gasteiger charge is -2.28. The van der Waals surface area contributed by atoms with Crippen molar-refractivity contribution < 1.29 is 4.74 Å². The number of rotatable bonds is 6. The van der Waals surface area contributed by atoms with Gasteiger partial charge in [0.05, 0.1) is 20.3 Å². The third-order valence-corrected chi connectivity index (χ3v) is 7.82. The van der Waals surface area contributed by atoms with Crippen LogP contribution in [-0.4, -0.2) is 14.2 Å². The fraction of sp³-hybridized carbons (Fsp3) is 0.684. The Balaban J connectivity index is 2.30. The minimum atomic E-state index is -1.15. The first-order valence-electron chi connectivity index (χ1n) is 8.49. The van der Waals surface area contributed by atoms with Gasteiger partial charge in [0.2, 0.25) is 0 Å². The topological polar surface area (TPSA) is 9.23 Å². The summed E-state index contributed by atoms with van der Waals surface area (Å²) in [6.45, 7) is 16.6. The zero-order valence-corrected chi connectivity index (χ0v) is 15.9. The van der Waals surface area contributed by atoms with Crippen LogP contribution in [-0.2, 0) is 4.74 Å². The van der Waals surface area contributed by atoms with Gasteiger partial charge in [-0.25, -0.2) is 0 Å². The number of ether oxygens (including phenoxy) is 1. The van der Waals surface area contributed by atoms with Crippen LogP contribution in [0.15, 0.2) is 18.2 Å². The number of hydrogen-bond acceptors (Lipinski definition) is 1. The largest absolute Gasteiger partial charge is 0.371 e. The smallest absolute Gasteiger partial charge is 0.0803 e. The van der Waals surface area contributed by atoms with Crippen molar-refractivity contribution >= 4 is 8.07 Å². The molecule has 1 aliphatic carbocycles. The maximum absolute atomic E-state index is 6.11. The Labute approximate surface area is 132 Å². The quantitative estimate of drug-likeness (QED) is 0.583. The Morgan fingerprint density at radius 3 is 2.10 bits per heavy atom. The standard InChI is InChI=1S/C19H32OSi/c1-13(2)19-12-16(15(4)21(5,6)7)8-11-18(19)14(3)20-17-9-10-17/h8,11-15,17H,9-10H2,1-7H3. The molecule has 21 heavy (non-hydrogen) atoms. The van der Waals surface area contributed by atoms with Crippen LogP contribution in [0.25, 0.3) is 0 Å². The van der Waals surface area contributed by atoms with Gasteiger partial charge >= 0.3 is 0 Å². The summed E-state index contributed by atoms with van der Waals surface area (Å²) in [5.74, 6) is 0.555. The second-order valence-electron chi connectivity index (χ2n) is 8.11. The van der Waals surface area contributed by atoms with Crippen LogP contribution < -0.4 is 0 Å². The van der Waals surface area contributed by atoms with Crippen molar-refractivity contribution in [1.29, 1.82) is 0 Å². The van der Waals surface area contributed by atoms with Gasteiger partial charge in [-0.1, -0.05) is 58.6 Å². The van der Waals surface area contributed by atoms with E-state index in [1.807, 2.05) is 0 Å². The summed E-state index contributed by atoms with van der Waals surface area (Å²) in [7, 11) is -1.15. The first-order valence-corrected chi connectivity index (χ1v) is 12.1. The summed E-state index contributed by atoms with van der Waals surface area (Å²) in [5.41, 5.74) is 5.08. The van der Waals surface area contributed by atoms with Crippen LogP contribution in [0.5, 0.6) is 0 Å². The van der Waals surface area contributed by atoms with Crippen LogP contribution in [0.2, 0.25) is 19.6 Å². The fourth-order valence-corrected chi connectivity index (χ4v) is 3.98. The van der Waals surface area contributed by atoms with Crippen LogP contribution in [0.1, 0.15) is 74.8 Å². The van der Waals surface area contributed by atoms with Crippen molar-refractivity contribution in [1.82, 2.24) is 0 Å². The minimum absolute atomic E-state index is 0.228. The lowest BCUT2D eigenvalue weighted by molar-refractivity contribution is 0.0512. The normalized spacial score (nSPS) is 18.9. The van der Waals surface area contributed by atoms with E-state index in [0.717, 1.165) is 0 Å². The molecule has 2 rings (SSSR count). The van der Waals surface area contributed by atoms with Gasteiger partial charge in [0, 0.05) is 0 Å². The van der Waals surface area contributed by atoms with Gasteiger partial charge in [-0.15, -0.1) is 0 Å². The fourth-order valence-electron chi connectivity index (χ4n) is 2.80. The van der Waals surface area contributed by atoms with E-state index in [1.54, 1.807) is 0 Å². The van der Waals surface area contributed by atoms with E-state index in [4.69, 9.17) is 4.74 Å². The highest BCUT2D eigenvalue weighted by Gasteiger charge is 2.28. The maximum atomic E-state index is 6.11. The van der Waals surface area contributed by atoms with Gasteiger partial charge in [0.25, 0.3) is 0 Å². The Kier molecular flexibility index (Phi) is 4.99. The summed E-state index contributed by atoms with van der Waals surface area (Å²) < 4.78 is 6.11. The van der Waals surface area contributed by atoms with E-state index in [0.29, 0.717) is 17.6 Å². The van der Waals surface area contributed by atoms with Crippen molar-refractivity contribution in [2.24, 2.45) is 0 Å². The molecule has 2 unspecified atom stereocenters. The predicted molar refractivity (Wildman–Crippen MR) is 94.8 cm³/mol. The van der Waals surface area contributed by atoms with Gasteiger partial charge in [0.15, 0.2) is 0 Å². The van der Waals surface area contributed by atoms with Crippen molar-refractivity contribution in [3.05, 3.63) is 34.9 Å². The molecule has 0 radical (unpaired) electrons. The molecule has 0 spiro atoms. The molecule has 0 N–H and O–H groups in total. The molecular formula is C19H32OSi. The molecule has 0 aliphatic heterocycles. The second kappa shape index (κ2) is 6.25. The Morgan fingerprint density at radius 2 is 1.62 bits per heavy atom. The first kappa shape index (κ1) is 16.8. The van der Waals surface area contributed by atoms with Gasteiger partial charge in [0.1, 0.15) is 0 Å². The first-order chi connectivity index (χ1) is 9.70. The van der Waals surface area contributed by atoms with Gasteiger partial charge in [-0.3, -0.25) is 0 Å².